The second-order valence-electron chi connectivity index (χ2n) is 5.77. The highest BCUT2D eigenvalue weighted by Crippen LogP contribution is 2.37. The minimum Gasteiger partial charge on any atom is -0.462 e. The van der Waals surface area contributed by atoms with Crippen LogP contribution in [0.1, 0.15) is 50.8 Å². The van der Waals surface area contributed by atoms with Crippen molar-refractivity contribution in [2.45, 2.75) is 19.8 Å². The van der Waals surface area contributed by atoms with E-state index in [2.05, 4.69) is 0 Å². The molecular formula is C19H15Cl2NO4. The van der Waals surface area contributed by atoms with Gasteiger partial charge in [-0.3, -0.25) is 9.59 Å². The lowest BCUT2D eigenvalue weighted by Crippen LogP contribution is -2.29. The Bertz CT molecular complexity index is 910. The lowest BCUT2D eigenvalue weighted by molar-refractivity contribution is 0.0499. The van der Waals surface area contributed by atoms with Crippen molar-refractivity contribution in [1.29, 1.82) is 0 Å². The fraction of sp³-hybridized carbons (Fsp3) is 0.211. The van der Waals surface area contributed by atoms with Crippen molar-refractivity contribution in [1.82, 2.24) is 0 Å². The molecule has 2 amide bonds. The number of esters is 1. The summed E-state index contributed by atoms with van der Waals surface area (Å²) in [5.74, 6) is -1.60. The zero-order valence-electron chi connectivity index (χ0n) is 13.9. The molecule has 7 heteroatoms. The van der Waals surface area contributed by atoms with Crippen LogP contribution in [0.3, 0.4) is 0 Å². The first-order valence-corrected chi connectivity index (χ1v) is 8.85. The molecule has 0 bridgehead atoms. The number of unbranched alkanes of at least 4 members (excludes halogenated alkanes) is 1. The van der Waals surface area contributed by atoms with Gasteiger partial charge in [-0.05, 0) is 36.8 Å². The second-order valence-corrected chi connectivity index (χ2v) is 6.55. The average molecular weight is 392 g/mol. The Labute approximate surface area is 160 Å². The molecule has 0 saturated heterocycles. The predicted molar refractivity (Wildman–Crippen MR) is 99.2 cm³/mol. The van der Waals surface area contributed by atoms with Crippen LogP contribution in [-0.4, -0.2) is 24.4 Å². The number of rotatable bonds is 5. The van der Waals surface area contributed by atoms with Crippen molar-refractivity contribution in [2.24, 2.45) is 0 Å². The molecule has 2 aromatic rings. The Hall–Kier alpha value is -2.37. The molecule has 1 aliphatic heterocycles. The monoisotopic (exact) mass is 391 g/mol. The third-order valence-electron chi connectivity index (χ3n) is 4.03. The van der Waals surface area contributed by atoms with E-state index in [-0.39, 0.29) is 32.4 Å². The Morgan fingerprint density at radius 3 is 2.54 bits per heavy atom. The van der Waals surface area contributed by atoms with Gasteiger partial charge < -0.3 is 4.74 Å². The number of hydrogen-bond donors (Lipinski definition) is 0. The van der Waals surface area contributed by atoms with Gasteiger partial charge in [0.15, 0.2) is 0 Å². The summed E-state index contributed by atoms with van der Waals surface area (Å²) in [4.78, 5) is 38.5. The average Bonchev–Trinajstić information content (AvgIpc) is 2.88. The summed E-state index contributed by atoms with van der Waals surface area (Å²) in [6.07, 6.45) is 1.66. The van der Waals surface area contributed by atoms with Crippen LogP contribution < -0.4 is 4.90 Å². The van der Waals surface area contributed by atoms with Gasteiger partial charge in [0.2, 0.25) is 0 Å². The number of ether oxygens (including phenoxy) is 1. The number of fused-ring (bicyclic) bond motifs is 1. The van der Waals surface area contributed by atoms with Crippen molar-refractivity contribution >= 4 is 46.7 Å². The summed E-state index contributed by atoms with van der Waals surface area (Å²) in [6, 6.07) is 9.00. The first kappa shape index (κ1) is 18.4. The molecule has 3 rings (SSSR count). The molecule has 26 heavy (non-hydrogen) atoms. The van der Waals surface area contributed by atoms with Crippen LogP contribution in [0.4, 0.5) is 5.69 Å². The van der Waals surface area contributed by atoms with Gasteiger partial charge in [-0.1, -0.05) is 42.6 Å². The quantitative estimate of drug-likeness (QED) is 0.419. The van der Waals surface area contributed by atoms with Crippen molar-refractivity contribution in [2.75, 3.05) is 11.5 Å². The normalized spacial score (nSPS) is 13.1. The van der Waals surface area contributed by atoms with E-state index in [0.29, 0.717) is 6.61 Å². The van der Waals surface area contributed by atoms with Gasteiger partial charge in [-0.25, -0.2) is 9.69 Å². The number of halogens is 2. The second kappa shape index (κ2) is 7.48. The van der Waals surface area contributed by atoms with Gasteiger partial charge in [0.05, 0.1) is 39.0 Å². The maximum atomic E-state index is 12.8. The minimum atomic E-state index is -0.558. The summed E-state index contributed by atoms with van der Waals surface area (Å²) in [6.45, 7) is 2.30. The molecule has 0 atom stereocenters. The summed E-state index contributed by atoms with van der Waals surface area (Å²) < 4.78 is 5.15. The van der Waals surface area contributed by atoms with Gasteiger partial charge >= 0.3 is 5.97 Å². The third-order valence-corrected chi connectivity index (χ3v) is 4.83. The lowest BCUT2D eigenvalue weighted by atomic mass is 10.1. The molecule has 134 valence electrons. The summed E-state index contributed by atoms with van der Waals surface area (Å²) in [5, 5.41) is 0.351. The van der Waals surface area contributed by atoms with Gasteiger partial charge in [-0.15, -0.1) is 0 Å². The fourth-order valence-electron chi connectivity index (χ4n) is 2.64. The first-order chi connectivity index (χ1) is 12.5. The molecule has 0 unspecified atom stereocenters. The smallest absolute Gasteiger partial charge is 0.338 e. The van der Waals surface area contributed by atoms with Gasteiger partial charge in [-0.2, -0.15) is 0 Å². The van der Waals surface area contributed by atoms with Crippen molar-refractivity contribution < 1.29 is 19.1 Å². The maximum Gasteiger partial charge on any atom is 0.338 e. The Morgan fingerprint density at radius 2 is 1.81 bits per heavy atom. The number of anilines is 1. The molecule has 0 saturated carbocycles. The standard InChI is InChI=1S/C19H15Cl2NO4/c1-2-3-9-26-19(25)11-7-8-12-13(10-11)18(24)22(17(12)23)15-6-4-5-14(20)16(15)21/h4-8,10H,2-3,9H2,1H3. The minimum absolute atomic E-state index is 0.114. The number of benzene rings is 2. The van der Waals surface area contributed by atoms with Crippen molar-refractivity contribution in [3.63, 3.8) is 0 Å². The van der Waals surface area contributed by atoms with Gasteiger partial charge in [0.25, 0.3) is 11.8 Å². The van der Waals surface area contributed by atoms with E-state index in [1.54, 1.807) is 12.1 Å². The molecule has 0 aromatic heterocycles. The molecule has 0 aliphatic carbocycles. The van der Waals surface area contributed by atoms with Crippen molar-refractivity contribution in [3.8, 4) is 0 Å². The zero-order valence-corrected chi connectivity index (χ0v) is 15.4. The molecule has 5 nitrogen and oxygen atoms in total. The van der Waals surface area contributed by atoms with Crippen LogP contribution in [0, 0.1) is 0 Å². The molecule has 0 N–H and O–H groups in total. The van der Waals surface area contributed by atoms with Crippen LogP contribution in [0.5, 0.6) is 0 Å². The molecular weight excluding hydrogens is 377 g/mol. The molecule has 1 aliphatic rings. The number of nitrogens with zero attached hydrogens (tertiary/aromatic N) is 1. The molecule has 0 fully saturated rings. The van der Waals surface area contributed by atoms with Gasteiger partial charge in [0.1, 0.15) is 0 Å². The summed E-state index contributed by atoms with van der Waals surface area (Å²) >= 11 is 12.1. The van der Waals surface area contributed by atoms with E-state index in [9.17, 15) is 14.4 Å². The molecule has 0 spiro atoms. The number of carbonyl (C=O) groups is 3. The number of carbonyl (C=O) groups excluding carboxylic acids is 3. The molecule has 0 radical (unpaired) electrons. The highest BCUT2D eigenvalue weighted by Gasteiger charge is 2.38. The predicted octanol–water partition coefficient (Wildman–Crippen LogP) is 4.75. The molecule has 1 heterocycles. The van der Waals surface area contributed by atoms with Crippen LogP contribution >= 0.6 is 23.2 Å². The number of amides is 2. The van der Waals surface area contributed by atoms with Crippen LogP contribution in [-0.2, 0) is 4.74 Å². The van der Waals surface area contributed by atoms with E-state index in [1.165, 1.54) is 24.3 Å². The highest BCUT2D eigenvalue weighted by atomic mass is 35.5. The van der Waals surface area contributed by atoms with E-state index in [1.807, 2.05) is 6.92 Å². The summed E-state index contributed by atoms with van der Waals surface area (Å²) in [5.41, 5.74) is 0.768. The third kappa shape index (κ3) is 3.20. The molecule has 2 aromatic carbocycles. The van der Waals surface area contributed by atoms with E-state index < -0.39 is 17.8 Å². The highest BCUT2D eigenvalue weighted by molar-refractivity contribution is 6.46. The van der Waals surface area contributed by atoms with Crippen LogP contribution in [0.15, 0.2) is 36.4 Å². The van der Waals surface area contributed by atoms with Gasteiger partial charge in [0, 0.05) is 0 Å². The zero-order chi connectivity index (χ0) is 18.8. The Balaban J connectivity index is 1.93. The Morgan fingerprint density at radius 1 is 1.08 bits per heavy atom. The fourth-order valence-corrected chi connectivity index (χ4v) is 3.02. The maximum absolute atomic E-state index is 12.8. The first-order valence-electron chi connectivity index (χ1n) is 8.09. The van der Waals surface area contributed by atoms with E-state index in [4.69, 9.17) is 27.9 Å². The van der Waals surface area contributed by atoms with E-state index in [0.717, 1.165) is 17.7 Å². The largest absolute Gasteiger partial charge is 0.462 e. The Kier molecular flexibility index (Phi) is 5.30. The topological polar surface area (TPSA) is 63.7 Å². The number of imide groups is 1. The van der Waals surface area contributed by atoms with Crippen LogP contribution in [0.25, 0.3) is 0 Å². The van der Waals surface area contributed by atoms with Crippen molar-refractivity contribution in [3.05, 3.63) is 63.1 Å². The lowest BCUT2D eigenvalue weighted by Gasteiger charge is -2.15. The van der Waals surface area contributed by atoms with Crippen LogP contribution in [0.2, 0.25) is 10.0 Å². The van der Waals surface area contributed by atoms with E-state index >= 15 is 0 Å². The number of hydrogen-bond acceptors (Lipinski definition) is 4. The summed E-state index contributed by atoms with van der Waals surface area (Å²) in [7, 11) is 0. The SMILES string of the molecule is CCCCOC(=O)c1ccc2c(c1)C(=O)N(c1cccc(Cl)c1Cl)C2=O.